The second-order valence-corrected chi connectivity index (χ2v) is 12.5. The molecule has 0 spiro atoms. The molecule has 8 heteroatoms. The Bertz CT molecular complexity index is 1340. The van der Waals surface area contributed by atoms with Gasteiger partial charge in [0.15, 0.2) is 0 Å². The maximum atomic E-state index is 13.9. The van der Waals surface area contributed by atoms with E-state index in [1.807, 2.05) is 82.3 Å². The standard InChI is InChI=1S/C31H39N3O4S/c1-23(2)20-32-31(36)29(19-26-9-7-6-8-10-26)34(21-27-15-11-24(3)12-16-27)30(35)22-33(5)39(37,38)28-17-13-25(4)14-18-28/h6-18,23,29H,19-22H2,1-5H3,(H,32,36)/t29-/m1/s1. The van der Waals surface area contributed by atoms with E-state index in [0.717, 1.165) is 26.6 Å². The number of benzene rings is 3. The zero-order chi connectivity index (χ0) is 28.6. The number of hydrogen-bond donors (Lipinski definition) is 1. The third kappa shape index (κ3) is 8.50. The first-order valence-corrected chi connectivity index (χ1v) is 14.6. The van der Waals surface area contributed by atoms with Gasteiger partial charge in [-0.25, -0.2) is 8.42 Å². The summed E-state index contributed by atoms with van der Waals surface area (Å²) in [6.07, 6.45) is 0.302. The van der Waals surface area contributed by atoms with Crippen LogP contribution in [0.5, 0.6) is 0 Å². The second-order valence-electron chi connectivity index (χ2n) is 10.4. The SMILES string of the molecule is Cc1ccc(CN(C(=O)CN(C)S(=O)(=O)c2ccc(C)cc2)[C@H](Cc2ccccc2)C(=O)NCC(C)C)cc1. The molecule has 39 heavy (non-hydrogen) atoms. The van der Waals surface area contributed by atoms with Gasteiger partial charge in [0.1, 0.15) is 6.04 Å². The molecule has 0 aliphatic heterocycles. The Morgan fingerprint density at radius 2 is 1.38 bits per heavy atom. The molecule has 0 aliphatic rings. The predicted octanol–water partition coefficient (Wildman–Crippen LogP) is 4.34. The largest absolute Gasteiger partial charge is 0.354 e. The summed E-state index contributed by atoms with van der Waals surface area (Å²) in [7, 11) is -2.51. The van der Waals surface area contributed by atoms with E-state index in [0.29, 0.717) is 13.0 Å². The molecule has 0 aliphatic carbocycles. The maximum absolute atomic E-state index is 13.9. The van der Waals surface area contributed by atoms with E-state index in [4.69, 9.17) is 0 Å². The average molecular weight is 550 g/mol. The summed E-state index contributed by atoms with van der Waals surface area (Å²) in [6.45, 7) is 8.12. The molecule has 3 rings (SSSR count). The number of amides is 2. The van der Waals surface area contributed by atoms with Gasteiger partial charge < -0.3 is 10.2 Å². The van der Waals surface area contributed by atoms with Crippen LogP contribution in [0.15, 0.2) is 83.8 Å². The lowest BCUT2D eigenvalue weighted by Crippen LogP contribution is -2.53. The molecule has 208 valence electrons. The van der Waals surface area contributed by atoms with Crippen molar-refractivity contribution in [3.63, 3.8) is 0 Å². The Morgan fingerprint density at radius 1 is 0.821 bits per heavy atom. The molecular weight excluding hydrogens is 510 g/mol. The number of nitrogens with zero attached hydrogens (tertiary/aromatic N) is 2. The molecule has 0 heterocycles. The molecule has 0 saturated heterocycles. The average Bonchev–Trinajstić information content (AvgIpc) is 2.91. The van der Waals surface area contributed by atoms with E-state index < -0.39 is 28.5 Å². The number of sulfonamides is 1. The molecule has 7 nitrogen and oxygen atoms in total. The highest BCUT2D eigenvalue weighted by molar-refractivity contribution is 7.89. The first kappa shape index (κ1) is 30.1. The van der Waals surface area contributed by atoms with Crippen LogP contribution in [0, 0.1) is 19.8 Å². The van der Waals surface area contributed by atoms with Crippen LogP contribution in [-0.4, -0.2) is 55.6 Å². The minimum atomic E-state index is -3.90. The minimum absolute atomic E-state index is 0.115. The van der Waals surface area contributed by atoms with Gasteiger partial charge in [-0.15, -0.1) is 0 Å². The number of carbonyl (C=O) groups is 2. The van der Waals surface area contributed by atoms with Gasteiger partial charge in [-0.3, -0.25) is 9.59 Å². The second kappa shape index (κ2) is 13.5. The van der Waals surface area contributed by atoms with Crippen molar-refractivity contribution in [2.24, 2.45) is 5.92 Å². The van der Waals surface area contributed by atoms with E-state index >= 15 is 0 Å². The number of hydrogen-bond acceptors (Lipinski definition) is 4. The van der Waals surface area contributed by atoms with Crippen LogP contribution in [0.4, 0.5) is 0 Å². The van der Waals surface area contributed by atoms with E-state index in [1.165, 1.54) is 24.1 Å². The number of nitrogens with one attached hydrogen (secondary N) is 1. The highest BCUT2D eigenvalue weighted by Gasteiger charge is 2.33. The minimum Gasteiger partial charge on any atom is -0.354 e. The van der Waals surface area contributed by atoms with Gasteiger partial charge in [0, 0.05) is 26.6 Å². The van der Waals surface area contributed by atoms with Crippen molar-refractivity contribution in [1.82, 2.24) is 14.5 Å². The normalized spacial score (nSPS) is 12.4. The van der Waals surface area contributed by atoms with Crippen molar-refractivity contribution >= 4 is 21.8 Å². The Morgan fingerprint density at radius 3 is 1.95 bits per heavy atom. The van der Waals surface area contributed by atoms with E-state index in [1.54, 1.807) is 12.1 Å². The molecule has 0 saturated carbocycles. The van der Waals surface area contributed by atoms with Gasteiger partial charge in [0.25, 0.3) is 0 Å². The maximum Gasteiger partial charge on any atom is 0.243 e. The Balaban J connectivity index is 1.96. The summed E-state index contributed by atoms with van der Waals surface area (Å²) in [5.41, 5.74) is 3.78. The monoisotopic (exact) mass is 549 g/mol. The van der Waals surface area contributed by atoms with Crippen LogP contribution in [0.25, 0.3) is 0 Å². The lowest BCUT2D eigenvalue weighted by molar-refractivity contribution is -0.141. The van der Waals surface area contributed by atoms with E-state index in [2.05, 4.69) is 5.32 Å². The zero-order valence-electron chi connectivity index (χ0n) is 23.4. The Hall–Kier alpha value is -3.49. The summed E-state index contributed by atoms with van der Waals surface area (Å²) in [5.74, 6) is -0.482. The van der Waals surface area contributed by atoms with Crippen molar-refractivity contribution in [3.05, 3.63) is 101 Å². The van der Waals surface area contributed by atoms with Crippen molar-refractivity contribution in [2.75, 3.05) is 20.1 Å². The summed E-state index contributed by atoms with van der Waals surface area (Å²) in [4.78, 5) is 29.0. The lowest BCUT2D eigenvalue weighted by Gasteiger charge is -2.33. The number of aryl methyl sites for hydroxylation is 2. The van der Waals surface area contributed by atoms with Crippen molar-refractivity contribution < 1.29 is 18.0 Å². The third-order valence-electron chi connectivity index (χ3n) is 6.52. The summed E-state index contributed by atoms with van der Waals surface area (Å²) in [6, 6.07) is 23.0. The van der Waals surface area contributed by atoms with Crippen molar-refractivity contribution in [2.45, 2.75) is 51.6 Å². The molecule has 3 aromatic carbocycles. The quantitative estimate of drug-likeness (QED) is 0.364. The summed E-state index contributed by atoms with van der Waals surface area (Å²) < 4.78 is 27.5. The molecule has 0 unspecified atom stereocenters. The van der Waals surface area contributed by atoms with E-state index in [9.17, 15) is 18.0 Å². The fourth-order valence-corrected chi connectivity index (χ4v) is 5.24. The topological polar surface area (TPSA) is 86.8 Å². The van der Waals surface area contributed by atoms with Gasteiger partial charge in [0.2, 0.25) is 21.8 Å². The molecule has 1 atom stereocenters. The van der Waals surface area contributed by atoms with Gasteiger partial charge in [-0.2, -0.15) is 4.31 Å². The fourth-order valence-electron chi connectivity index (χ4n) is 4.12. The number of rotatable bonds is 12. The van der Waals surface area contributed by atoms with Gasteiger partial charge >= 0.3 is 0 Å². The van der Waals surface area contributed by atoms with Crippen LogP contribution in [-0.2, 0) is 32.6 Å². The third-order valence-corrected chi connectivity index (χ3v) is 8.33. The van der Waals surface area contributed by atoms with Gasteiger partial charge in [-0.1, -0.05) is 91.7 Å². The van der Waals surface area contributed by atoms with Crippen LogP contribution in [0.2, 0.25) is 0 Å². The molecule has 3 aromatic rings. The highest BCUT2D eigenvalue weighted by Crippen LogP contribution is 2.19. The summed E-state index contributed by atoms with van der Waals surface area (Å²) in [5, 5.41) is 2.98. The molecule has 1 N–H and O–H groups in total. The molecular formula is C31H39N3O4S. The lowest BCUT2D eigenvalue weighted by atomic mass is 10.0. The molecule has 0 radical (unpaired) electrons. The first-order chi connectivity index (χ1) is 18.5. The van der Waals surface area contributed by atoms with Crippen molar-refractivity contribution in [3.8, 4) is 0 Å². The number of carbonyl (C=O) groups excluding carboxylic acids is 2. The van der Waals surface area contributed by atoms with Crippen LogP contribution < -0.4 is 5.32 Å². The summed E-state index contributed by atoms with van der Waals surface area (Å²) >= 11 is 0. The van der Waals surface area contributed by atoms with Crippen LogP contribution in [0.1, 0.15) is 36.1 Å². The number of likely N-dealkylation sites (N-methyl/N-ethyl adjacent to an activating group) is 1. The van der Waals surface area contributed by atoms with Gasteiger partial charge in [0.05, 0.1) is 11.4 Å². The zero-order valence-corrected chi connectivity index (χ0v) is 24.2. The molecule has 0 bridgehead atoms. The molecule has 2 amide bonds. The first-order valence-electron chi connectivity index (χ1n) is 13.2. The fraction of sp³-hybridized carbons (Fsp3) is 0.355. The van der Waals surface area contributed by atoms with Crippen LogP contribution >= 0.6 is 0 Å². The Kier molecular flexibility index (Phi) is 10.4. The molecule has 0 aromatic heterocycles. The van der Waals surface area contributed by atoms with Crippen LogP contribution in [0.3, 0.4) is 0 Å². The molecule has 0 fully saturated rings. The van der Waals surface area contributed by atoms with Gasteiger partial charge in [-0.05, 0) is 43.0 Å². The predicted molar refractivity (Wildman–Crippen MR) is 155 cm³/mol. The highest BCUT2D eigenvalue weighted by atomic mass is 32.2. The smallest absolute Gasteiger partial charge is 0.243 e. The Labute approximate surface area is 232 Å². The van der Waals surface area contributed by atoms with E-state index in [-0.39, 0.29) is 23.3 Å². The van der Waals surface area contributed by atoms with Crippen molar-refractivity contribution in [1.29, 1.82) is 0 Å².